The number of furan rings is 1. The van der Waals surface area contributed by atoms with Crippen LogP contribution in [0, 0.1) is 0 Å². The summed E-state index contributed by atoms with van der Waals surface area (Å²) in [6.07, 6.45) is 2.56. The van der Waals surface area contributed by atoms with E-state index in [1.54, 1.807) is 12.3 Å². The average Bonchev–Trinajstić information content (AvgIpc) is 2.79. The summed E-state index contributed by atoms with van der Waals surface area (Å²) < 4.78 is 5.48. The van der Waals surface area contributed by atoms with Crippen LogP contribution in [0.15, 0.2) is 34.9 Å². The van der Waals surface area contributed by atoms with Crippen LogP contribution in [0.25, 0.3) is 0 Å². The van der Waals surface area contributed by atoms with Crippen molar-refractivity contribution in [3.8, 4) is 11.5 Å². The van der Waals surface area contributed by atoms with Crippen LogP contribution in [0.1, 0.15) is 29.9 Å². The fraction of sp³-hybridized carbons (Fsp3) is 0.286. The van der Waals surface area contributed by atoms with E-state index < -0.39 is 0 Å². The zero-order valence-electron chi connectivity index (χ0n) is 10.1. The largest absolute Gasteiger partial charge is 0.504 e. The second kappa shape index (κ2) is 4.07. The van der Waals surface area contributed by atoms with E-state index in [9.17, 15) is 10.2 Å². The molecule has 1 aliphatic rings. The summed E-state index contributed by atoms with van der Waals surface area (Å²) in [5.74, 6) is 0.784. The van der Waals surface area contributed by atoms with E-state index in [4.69, 9.17) is 4.42 Å². The second-order valence-corrected chi connectivity index (χ2v) is 4.75. The molecular formula is C14H15NO3. The van der Waals surface area contributed by atoms with Crippen molar-refractivity contribution >= 4 is 0 Å². The Morgan fingerprint density at radius 3 is 2.83 bits per heavy atom. The summed E-state index contributed by atoms with van der Waals surface area (Å²) in [7, 11) is 0. The lowest BCUT2D eigenvalue weighted by Gasteiger charge is -2.28. The van der Waals surface area contributed by atoms with Crippen molar-refractivity contribution in [1.82, 2.24) is 5.32 Å². The number of benzene rings is 1. The molecule has 1 aromatic heterocycles. The first-order valence-electron chi connectivity index (χ1n) is 5.99. The van der Waals surface area contributed by atoms with Crippen LogP contribution in [0.2, 0.25) is 0 Å². The number of phenolic OH excluding ortho intramolecular Hbond substituents is 2. The Kier molecular flexibility index (Phi) is 2.52. The molecule has 0 spiro atoms. The van der Waals surface area contributed by atoms with Crippen molar-refractivity contribution in [2.45, 2.75) is 25.4 Å². The molecule has 0 saturated heterocycles. The minimum Gasteiger partial charge on any atom is -0.504 e. The first kappa shape index (κ1) is 11.2. The number of aromatic hydroxyl groups is 2. The Morgan fingerprint density at radius 1 is 1.22 bits per heavy atom. The van der Waals surface area contributed by atoms with E-state index in [1.807, 2.05) is 12.1 Å². The molecule has 2 aromatic rings. The van der Waals surface area contributed by atoms with Crippen LogP contribution >= 0.6 is 0 Å². The van der Waals surface area contributed by atoms with E-state index in [-0.39, 0.29) is 17.5 Å². The fourth-order valence-electron chi connectivity index (χ4n) is 2.48. The van der Waals surface area contributed by atoms with Crippen molar-refractivity contribution in [1.29, 1.82) is 0 Å². The third kappa shape index (κ3) is 1.75. The molecule has 1 aromatic carbocycles. The van der Waals surface area contributed by atoms with Gasteiger partial charge in [0.15, 0.2) is 11.5 Å². The normalized spacial score (nSPS) is 22.7. The number of rotatable bonds is 1. The monoisotopic (exact) mass is 245 g/mol. The summed E-state index contributed by atoms with van der Waals surface area (Å²) in [5, 5.41) is 22.4. The quantitative estimate of drug-likeness (QED) is 0.674. The maximum atomic E-state index is 9.59. The van der Waals surface area contributed by atoms with Gasteiger partial charge >= 0.3 is 0 Å². The van der Waals surface area contributed by atoms with E-state index in [2.05, 4.69) is 12.2 Å². The molecule has 3 rings (SSSR count). The molecule has 4 heteroatoms. The summed E-state index contributed by atoms with van der Waals surface area (Å²) in [6.45, 7) is 2.10. The van der Waals surface area contributed by atoms with Crippen molar-refractivity contribution in [3.63, 3.8) is 0 Å². The Balaban J connectivity index is 2.04. The van der Waals surface area contributed by atoms with Crippen LogP contribution < -0.4 is 5.32 Å². The Hall–Kier alpha value is -1.94. The van der Waals surface area contributed by atoms with Crippen molar-refractivity contribution in [2.24, 2.45) is 0 Å². The smallest absolute Gasteiger partial charge is 0.157 e. The van der Waals surface area contributed by atoms with Crippen LogP contribution in [0.4, 0.5) is 0 Å². The molecule has 18 heavy (non-hydrogen) atoms. The minimum atomic E-state index is -0.102. The van der Waals surface area contributed by atoms with Gasteiger partial charge in [0, 0.05) is 18.0 Å². The molecule has 2 heterocycles. The van der Waals surface area contributed by atoms with Gasteiger partial charge in [0.2, 0.25) is 0 Å². The Morgan fingerprint density at radius 2 is 2.06 bits per heavy atom. The third-order valence-corrected chi connectivity index (χ3v) is 3.37. The highest BCUT2D eigenvalue weighted by Gasteiger charge is 2.27. The van der Waals surface area contributed by atoms with Crippen molar-refractivity contribution in [3.05, 3.63) is 47.4 Å². The lowest BCUT2D eigenvalue weighted by Crippen LogP contribution is -2.37. The van der Waals surface area contributed by atoms with Gasteiger partial charge in [-0.3, -0.25) is 0 Å². The minimum absolute atomic E-state index is 0.00556. The molecule has 4 nitrogen and oxygen atoms in total. The molecular weight excluding hydrogens is 230 g/mol. The number of nitrogens with one attached hydrogen (secondary N) is 1. The van der Waals surface area contributed by atoms with Gasteiger partial charge in [-0.1, -0.05) is 6.07 Å². The first-order chi connectivity index (χ1) is 8.65. The molecule has 0 bridgehead atoms. The van der Waals surface area contributed by atoms with Crippen LogP contribution in [-0.4, -0.2) is 16.3 Å². The third-order valence-electron chi connectivity index (χ3n) is 3.37. The van der Waals surface area contributed by atoms with Crippen LogP contribution in [0.3, 0.4) is 0 Å². The molecule has 0 saturated carbocycles. The zero-order chi connectivity index (χ0) is 12.7. The number of hydrogen-bond acceptors (Lipinski definition) is 4. The van der Waals surface area contributed by atoms with E-state index in [0.717, 1.165) is 23.3 Å². The summed E-state index contributed by atoms with van der Waals surface area (Å²) in [6, 6.07) is 7.15. The highest BCUT2D eigenvalue weighted by Crippen LogP contribution is 2.35. The SMILES string of the molecule is CC1Cc2occc2C(c2ccc(O)c(O)c2)N1. The van der Waals surface area contributed by atoms with Gasteiger partial charge in [0.05, 0.1) is 12.3 Å². The molecule has 3 N–H and O–H groups in total. The van der Waals surface area contributed by atoms with E-state index in [0.29, 0.717) is 6.04 Å². The van der Waals surface area contributed by atoms with Gasteiger partial charge in [0.1, 0.15) is 5.76 Å². The summed E-state index contributed by atoms with van der Waals surface area (Å²) in [5.41, 5.74) is 2.01. The first-order valence-corrected chi connectivity index (χ1v) is 5.99. The molecule has 1 aliphatic heterocycles. The van der Waals surface area contributed by atoms with Gasteiger partial charge in [-0.25, -0.2) is 0 Å². The Bertz CT molecular complexity index is 576. The predicted molar refractivity (Wildman–Crippen MR) is 66.6 cm³/mol. The van der Waals surface area contributed by atoms with Gasteiger partial charge in [0.25, 0.3) is 0 Å². The Labute approximate surface area is 105 Å². The number of phenols is 2. The lowest BCUT2D eigenvalue weighted by molar-refractivity contribution is 0.391. The average molecular weight is 245 g/mol. The molecule has 2 unspecified atom stereocenters. The predicted octanol–water partition coefficient (Wildman–Crippen LogP) is 2.31. The zero-order valence-corrected chi connectivity index (χ0v) is 10.1. The summed E-state index contributed by atoms with van der Waals surface area (Å²) >= 11 is 0. The van der Waals surface area contributed by atoms with Gasteiger partial charge in [-0.2, -0.15) is 0 Å². The highest BCUT2D eigenvalue weighted by molar-refractivity contribution is 5.45. The molecule has 0 aliphatic carbocycles. The van der Waals surface area contributed by atoms with E-state index >= 15 is 0 Å². The van der Waals surface area contributed by atoms with Gasteiger partial charge < -0.3 is 19.9 Å². The van der Waals surface area contributed by atoms with Crippen LogP contribution in [0.5, 0.6) is 11.5 Å². The number of fused-ring (bicyclic) bond motifs is 1. The lowest BCUT2D eigenvalue weighted by atomic mass is 9.92. The maximum Gasteiger partial charge on any atom is 0.157 e. The second-order valence-electron chi connectivity index (χ2n) is 4.75. The van der Waals surface area contributed by atoms with Gasteiger partial charge in [-0.05, 0) is 30.7 Å². The topological polar surface area (TPSA) is 65.6 Å². The molecule has 0 fully saturated rings. The molecule has 94 valence electrons. The van der Waals surface area contributed by atoms with Crippen molar-refractivity contribution in [2.75, 3.05) is 0 Å². The molecule has 0 amide bonds. The highest BCUT2D eigenvalue weighted by atomic mass is 16.3. The standard InChI is InChI=1S/C14H15NO3/c1-8-6-13-10(4-5-18-13)14(15-8)9-2-3-11(16)12(17)7-9/h2-5,7-8,14-17H,6H2,1H3. The van der Waals surface area contributed by atoms with E-state index in [1.165, 1.54) is 6.07 Å². The number of hydrogen-bond donors (Lipinski definition) is 3. The molecule has 2 atom stereocenters. The fourth-order valence-corrected chi connectivity index (χ4v) is 2.48. The van der Waals surface area contributed by atoms with Crippen LogP contribution in [-0.2, 0) is 6.42 Å². The summed E-state index contributed by atoms with van der Waals surface area (Å²) in [4.78, 5) is 0. The van der Waals surface area contributed by atoms with Gasteiger partial charge in [-0.15, -0.1) is 0 Å². The van der Waals surface area contributed by atoms with Crippen molar-refractivity contribution < 1.29 is 14.6 Å². The maximum absolute atomic E-state index is 9.59. The molecule has 0 radical (unpaired) electrons.